The summed E-state index contributed by atoms with van der Waals surface area (Å²) in [4.78, 5) is 51.6. The summed E-state index contributed by atoms with van der Waals surface area (Å²) < 4.78 is 18.7. The van der Waals surface area contributed by atoms with E-state index in [-0.39, 0.29) is 36.9 Å². The normalized spacial score (nSPS) is 13.9. The number of benzene rings is 2. The summed E-state index contributed by atoms with van der Waals surface area (Å²) in [6, 6.07) is 4.01. The third-order valence-electron chi connectivity index (χ3n) is 4.78. The molecule has 0 fully saturated rings. The van der Waals surface area contributed by atoms with E-state index >= 15 is 0 Å². The van der Waals surface area contributed by atoms with Gasteiger partial charge < -0.3 is 10.1 Å². The van der Waals surface area contributed by atoms with Crippen molar-refractivity contribution < 1.29 is 28.3 Å². The predicted octanol–water partition coefficient (Wildman–Crippen LogP) is 5.24. The van der Waals surface area contributed by atoms with Crippen molar-refractivity contribution in [2.75, 3.05) is 11.9 Å². The van der Waals surface area contributed by atoms with Crippen LogP contribution in [0.2, 0.25) is 20.1 Å². The molecule has 1 aliphatic rings. The standard InChI is InChI=1S/C21H15Cl4FN2O5/c1-8(2)18(21(32)33-7-11(29)27-10-6-4-3-5-9(10)26)28-19(30)12-13(20(28)31)15(23)17(25)16(24)14(12)22/h3-6,8,18H,7H2,1-2H3,(H,27,29)/t18-/m0/s1. The molecule has 0 spiro atoms. The fraction of sp³-hybridized carbons (Fsp3) is 0.238. The average molecular weight is 536 g/mol. The van der Waals surface area contributed by atoms with E-state index in [4.69, 9.17) is 51.1 Å². The number of hydrogen-bond donors (Lipinski definition) is 1. The number of halogens is 5. The molecule has 1 N–H and O–H groups in total. The molecule has 0 unspecified atom stereocenters. The van der Waals surface area contributed by atoms with E-state index in [0.29, 0.717) is 4.90 Å². The van der Waals surface area contributed by atoms with Gasteiger partial charge in [0, 0.05) is 0 Å². The summed E-state index contributed by atoms with van der Waals surface area (Å²) in [6.07, 6.45) is 0. The molecule has 0 saturated heterocycles. The predicted molar refractivity (Wildman–Crippen MR) is 122 cm³/mol. The third-order valence-corrected chi connectivity index (χ3v) is 6.58. The van der Waals surface area contributed by atoms with Crippen LogP contribution in [0.1, 0.15) is 34.6 Å². The van der Waals surface area contributed by atoms with Gasteiger partial charge in [-0.25, -0.2) is 9.18 Å². The van der Waals surface area contributed by atoms with Crippen molar-refractivity contribution in [2.24, 2.45) is 5.92 Å². The zero-order valence-electron chi connectivity index (χ0n) is 17.0. The van der Waals surface area contributed by atoms with Gasteiger partial charge in [-0.2, -0.15) is 0 Å². The summed E-state index contributed by atoms with van der Waals surface area (Å²) in [5, 5.41) is 1.29. The number of hydrogen-bond acceptors (Lipinski definition) is 5. The van der Waals surface area contributed by atoms with Crippen molar-refractivity contribution in [2.45, 2.75) is 19.9 Å². The van der Waals surface area contributed by atoms with E-state index < -0.39 is 48.1 Å². The number of anilines is 1. The molecule has 0 radical (unpaired) electrons. The first-order chi connectivity index (χ1) is 15.5. The molecule has 1 aliphatic heterocycles. The zero-order valence-corrected chi connectivity index (χ0v) is 20.1. The van der Waals surface area contributed by atoms with E-state index in [2.05, 4.69) is 5.32 Å². The van der Waals surface area contributed by atoms with Crippen molar-refractivity contribution in [3.05, 3.63) is 61.3 Å². The highest BCUT2D eigenvalue weighted by molar-refractivity contribution is 6.55. The number of nitrogens with zero attached hydrogens (tertiary/aromatic N) is 1. The first-order valence-electron chi connectivity index (χ1n) is 9.42. The maximum absolute atomic E-state index is 13.7. The van der Waals surface area contributed by atoms with Crippen LogP contribution in [0.15, 0.2) is 24.3 Å². The lowest BCUT2D eigenvalue weighted by Gasteiger charge is -2.27. The number of imide groups is 1. The van der Waals surface area contributed by atoms with Crippen LogP contribution in [0.5, 0.6) is 0 Å². The van der Waals surface area contributed by atoms with Gasteiger partial charge in [0.15, 0.2) is 6.61 Å². The molecule has 3 amide bonds. The second-order valence-corrected chi connectivity index (χ2v) is 8.82. The van der Waals surface area contributed by atoms with E-state index in [1.54, 1.807) is 13.8 Å². The molecule has 7 nitrogen and oxygen atoms in total. The van der Waals surface area contributed by atoms with Crippen LogP contribution in [0.4, 0.5) is 10.1 Å². The highest BCUT2D eigenvalue weighted by Crippen LogP contribution is 2.45. The Labute approximate surface area is 207 Å². The lowest BCUT2D eigenvalue weighted by Crippen LogP contribution is -2.49. The van der Waals surface area contributed by atoms with Crippen molar-refractivity contribution in [1.29, 1.82) is 0 Å². The second kappa shape index (κ2) is 9.85. The maximum atomic E-state index is 13.7. The minimum absolute atomic E-state index is 0.0997. The van der Waals surface area contributed by atoms with Gasteiger partial charge in [0.05, 0.1) is 36.9 Å². The Balaban J connectivity index is 1.82. The van der Waals surface area contributed by atoms with Crippen molar-refractivity contribution >= 4 is 75.8 Å². The van der Waals surface area contributed by atoms with Crippen molar-refractivity contribution in [3.8, 4) is 0 Å². The van der Waals surface area contributed by atoms with Crippen LogP contribution in [-0.2, 0) is 14.3 Å². The molecular formula is C21H15Cl4FN2O5. The highest BCUT2D eigenvalue weighted by atomic mass is 35.5. The van der Waals surface area contributed by atoms with Gasteiger partial charge in [-0.1, -0.05) is 72.4 Å². The van der Waals surface area contributed by atoms with Crippen molar-refractivity contribution in [3.63, 3.8) is 0 Å². The lowest BCUT2D eigenvalue weighted by atomic mass is 10.0. The van der Waals surface area contributed by atoms with E-state index in [0.717, 1.165) is 6.07 Å². The van der Waals surface area contributed by atoms with Crippen LogP contribution >= 0.6 is 46.4 Å². The molecule has 0 saturated carbocycles. The van der Waals surface area contributed by atoms with Gasteiger partial charge in [0.1, 0.15) is 11.9 Å². The summed E-state index contributed by atoms with van der Waals surface area (Å²) in [5.41, 5.74) is -0.661. The smallest absolute Gasteiger partial charge is 0.330 e. The van der Waals surface area contributed by atoms with Crippen LogP contribution in [0, 0.1) is 11.7 Å². The number of carbonyl (C=O) groups is 4. The highest BCUT2D eigenvalue weighted by Gasteiger charge is 2.48. The Morgan fingerprint density at radius 1 is 0.970 bits per heavy atom. The topological polar surface area (TPSA) is 92.8 Å². The Morgan fingerprint density at radius 2 is 1.48 bits per heavy atom. The van der Waals surface area contributed by atoms with Crippen LogP contribution < -0.4 is 5.32 Å². The monoisotopic (exact) mass is 534 g/mol. The van der Waals surface area contributed by atoms with Crippen LogP contribution in [0.3, 0.4) is 0 Å². The molecule has 0 aliphatic carbocycles. The van der Waals surface area contributed by atoms with Crippen LogP contribution in [-0.4, -0.2) is 41.2 Å². The van der Waals surface area contributed by atoms with E-state index in [1.807, 2.05) is 0 Å². The zero-order chi connectivity index (χ0) is 24.6. The van der Waals surface area contributed by atoms with Gasteiger partial charge in [-0.3, -0.25) is 19.3 Å². The van der Waals surface area contributed by atoms with E-state index in [1.165, 1.54) is 18.2 Å². The SMILES string of the molecule is CC(C)[C@@H](C(=O)OCC(=O)Nc1ccccc1F)N1C(=O)c2c(Cl)c(Cl)c(Cl)c(Cl)c2C1=O. The van der Waals surface area contributed by atoms with Gasteiger partial charge in [-0.15, -0.1) is 0 Å². The number of nitrogens with one attached hydrogen (secondary N) is 1. The number of fused-ring (bicyclic) bond motifs is 1. The molecule has 174 valence electrons. The Hall–Kier alpha value is -2.39. The quantitative estimate of drug-likeness (QED) is 0.236. The van der Waals surface area contributed by atoms with Crippen molar-refractivity contribution in [1.82, 2.24) is 4.90 Å². The fourth-order valence-corrected chi connectivity index (χ4v) is 4.28. The molecule has 0 aromatic heterocycles. The number of rotatable bonds is 6. The number of esters is 1. The summed E-state index contributed by atoms with van der Waals surface area (Å²) in [7, 11) is 0. The van der Waals surface area contributed by atoms with Gasteiger partial charge in [0.25, 0.3) is 17.7 Å². The average Bonchev–Trinajstić information content (AvgIpc) is 3.01. The first-order valence-corrected chi connectivity index (χ1v) is 10.9. The molecular weight excluding hydrogens is 521 g/mol. The molecule has 1 atom stereocenters. The maximum Gasteiger partial charge on any atom is 0.330 e. The largest absolute Gasteiger partial charge is 0.454 e. The molecule has 33 heavy (non-hydrogen) atoms. The van der Waals surface area contributed by atoms with Gasteiger partial charge in [0.2, 0.25) is 0 Å². The minimum Gasteiger partial charge on any atom is -0.454 e. The van der Waals surface area contributed by atoms with Crippen LogP contribution in [0.25, 0.3) is 0 Å². The molecule has 1 heterocycles. The first kappa shape index (κ1) is 25.2. The molecule has 2 aromatic carbocycles. The Bertz CT molecular complexity index is 1140. The lowest BCUT2D eigenvalue weighted by molar-refractivity contribution is -0.152. The van der Waals surface area contributed by atoms with E-state index in [9.17, 15) is 23.6 Å². The fourth-order valence-electron chi connectivity index (χ4n) is 3.27. The molecule has 0 bridgehead atoms. The summed E-state index contributed by atoms with van der Waals surface area (Å²) in [5.74, 6) is -4.96. The second-order valence-electron chi connectivity index (χ2n) is 7.31. The molecule has 2 aromatic rings. The third kappa shape index (κ3) is 4.66. The number of para-hydroxylation sites is 1. The summed E-state index contributed by atoms with van der Waals surface area (Å²) >= 11 is 24.2. The molecule has 3 rings (SSSR count). The Kier molecular flexibility index (Phi) is 7.53. The van der Waals surface area contributed by atoms with Gasteiger partial charge >= 0.3 is 5.97 Å². The minimum atomic E-state index is -1.41. The summed E-state index contributed by atoms with van der Waals surface area (Å²) in [6.45, 7) is 2.36. The molecule has 12 heteroatoms. The number of ether oxygens (including phenoxy) is 1. The Morgan fingerprint density at radius 3 is 1.97 bits per heavy atom. The number of amides is 3. The van der Waals surface area contributed by atoms with Gasteiger partial charge in [-0.05, 0) is 18.1 Å². The number of carbonyl (C=O) groups excluding carboxylic acids is 4.